The zero-order valence-corrected chi connectivity index (χ0v) is 9.84. The van der Waals surface area contributed by atoms with Crippen LogP contribution in [0.25, 0.3) is 0 Å². The summed E-state index contributed by atoms with van der Waals surface area (Å²) < 4.78 is 0. The predicted octanol–water partition coefficient (Wildman–Crippen LogP) is 3.36. The molecule has 17 heavy (non-hydrogen) atoms. The van der Waals surface area contributed by atoms with Crippen LogP contribution in [0.1, 0.15) is 6.92 Å². The van der Waals surface area contributed by atoms with Crippen molar-refractivity contribution in [2.45, 2.75) is 6.92 Å². The normalized spacial score (nSPS) is 10.2. The van der Waals surface area contributed by atoms with E-state index in [-0.39, 0.29) is 0 Å². The van der Waals surface area contributed by atoms with Gasteiger partial charge < -0.3 is 5.73 Å². The molecule has 2 aromatic carbocycles. The molecule has 0 amide bonds. The molecule has 3 nitrogen and oxygen atoms in total. The summed E-state index contributed by atoms with van der Waals surface area (Å²) in [5.41, 5.74) is 8.39. The third kappa shape index (κ3) is 2.77. The number of rotatable bonds is 4. The smallest absolute Gasteiger partial charge is 0.0725 e. The fraction of sp³-hybridized carbons (Fsp3) is 0.143. The van der Waals surface area contributed by atoms with Gasteiger partial charge in [0.2, 0.25) is 0 Å². The summed E-state index contributed by atoms with van der Waals surface area (Å²) in [6.07, 6.45) is 0. The first kappa shape index (κ1) is 11.5. The van der Waals surface area contributed by atoms with E-state index in [4.69, 9.17) is 10.6 Å². The maximum Gasteiger partial charge on any atom is 0.0725 e. The molecule has 0 atom stereocenters. The molecule has 2 N–H and O–H groups in total. The summed E-state index contributed by atoms with van der Waals surface area (Å²) in [4.78, 5) is 5.65. The van der Waals surface area contributed by atoms with E-state index in [9.17, 15) is 0 Å². The molecule has 0 aromatic heterocycles. The molecular weight excluding hydrogens is 212 g/mol. The summed E-state index contributed by atoms with van der Waals surface area (Å²) in [5.74, 6) is 0. The number of benzene rings is 2. The summed E-state index contributed by atoms with van der Waals surface area (Å²) >= 11 is 0. The monoisotopic (exact) mass is 228 g/mol. The number of para-hydroxylation sites is 1. The quantitative estimate of drug-likeness (QED) is 0.644. The third-order valence-electron chi connectivity index (χ3n) is 2.38. The Morgan fingerprint density at radius 3 is 2.12 bits per heavy atom. The van der Waals surface area contributed by atoms with E-state index in [0.717, 1.165) is 17.1 Å². The van der Waals surface area contributed by atoms with Crippen LogP contribution in [0.15, 0.2) is 54.6 Å². The van der Waals surface area contributed by atoms with Crippen molar-refractivity contribution in [1.82, 2.24) is 0 Å². The number of nitrogen functional groups attached to an aromatic ring is 1. The Hall–Kier alpha value is -2.00. The lowest BCUT2D eigenvalue weighted by atomic mass is 10.2. The number of hydrogen-bond donors (Lipinski definition) is 1. The fourth-order valence-corrected chi connectivity index (χ4v) is 1.60. The minimum Gasteiger partial charge on any atom is -0.399 e. The van der Waals surface area contributed by atoms with Gasteiger partial charge in [0.05, 0.1) is 18.0 Å². The van der Waals surface area contributed by atoms with Gasteiger partial charge in [-0.15, -0.1) is 0 Å². The maximum absolute atomic E-state index is 5.68. The average Bonchev–Trinajstić information content (AvgIpc) is 2.38. The molecule has 0 saturated heterocycles. The van der Waals surface area contributed by atoms with Crippen molar-refractivity contribution < 1.29 is 4.84 Å². The van der Waals surface area contributed by atoms with Crippen LogP contribution in [0.4, 0.5) is 17.1 Å². The molecule has 0 spiro atoms. The second-order valence-corrected chi connectivity index (χ2v) is 3.64. The number of hydrogen-bond acceptors (Lipinski definition) is 3. The van der Waals surface area contributed by atoms with Crippen LogP contribution in [0, 0.1) is 0 Å². The second-order valence-electron chi connectivity index (χ2n) is 3.64. The van der Waals surface area contributed by atoms with Crippen LogP contribution in [-0.2, 0) is 4.84 Å². The zero-order valence-electron chi connectivity index (χ0n) is 9.84. The molecule has 88 valence electrons. The Labute approximate surface area is 101 Å². The fourth-order valence-electron chi connectivity index (χ4n) is 1.60. The van der Waals surface area contributed by atoms with Gasteiger partial charge in [-0.1, -0.05) is 18.2 Å². The predicted molar refractivity (Wildman–Crippen MR) is 71.1 cm³/mol. The summed E-state index contributed by atoms with van der Waals surface area (Å²) in [6, 6.07) is 17.6. The first-order chi connectivity index (χ1) is 8.31. The molecule has 0 aliphatic carbocycles. The Morgan fingerprint density at radius 1 is 0.941 bits per heavy atom. The van der Waals surface area contributed by atoms with Crippen LogP contribution >= 0.6 is 0 Å². The van der Waals surface area contributed by atoms with E-state index in [2.05, 4.69) is 0 Å². The van der Waals surface area contributed by atoms with Gasteiger partial charge in [-0.2, -0.15) is 0 Å². The van der Waals surface area contributed by atoms with Gasteiger partial charge in [0.15, 0.2) is 0 Å². The summed E-state index contributed by atoms with van der Waals surface area (Å²) in [6.45, 7) is 2.58. The molecule has 0 fully saturated rings. The molecular formula is C14H16N2O. The molecule has 2 aromatic rings. The van der Waals surface area contributed by atoms with E-state index in [0.29, 0.717) is 6.61 Å². The van der Waals surface area contributed by atoms with Crippen molar-refractivity contribution in [3.63, 3.8) is 0 Å². The van der Waals surface area contributed by atoms with Crippen molar-refractivity contribution in [2.24, 2.45) is 0 Å². The Kier molecular flexibility index (Phi) is 3.62. The topological polar surface area (TPSA) is 38.5 Å². The van der Waals surface area contributed by atoms with Crippen LogP contribution in [-0.4, -0.2) is 6.61 Å². The molecule has 3 heteroatoms. The van der Waals surface area contributed by atoms with E-state index in [1.807, 2.05) is 61.5 Å². The molecule has 0 heterocycles. The lowest BCUT2D eigenvalue weighted by molar-refractivity contribution is 0.149. The van der Waals surface area contributed by atoms with Crippen molar-refractivity contribution >= 4 is 17.1 Å². The van der Waals surface area contributed by atoms with E-state index >= 15 is 0 Å². The standard InChI is InChI=1S/C14H16N2O/c1-2-17-16(13-6-4-3-5-7-13)14-10-8-12(15)9-11-14/h3-11H,2,15H2,1H3. The van der Waals surface area contributed by atoms with E-state index in [1.54, 1.807) is 5.06 Å². The highest BCUT2D eigenvalue weighted by Gasteiger charge is 2.08. The largest absolute Gasteiger partial charge is 0.399 e. The van der Waals surface area contributed by atoms with Gasteiger partial charge in [-0.25, -0.2) is 5.06 Å². The van der Waals surface area contributed by atoms with Crippen molar-refractivity contribution in [2.75, 3.05) is 17.4 Å². The molecule has 0 aliphatic rings. The molecule has 0 bridgehead atoms. The lowest BCUT2D eigenvalue weighted by Gasteiger charge is -2.23. The van der Waals surface area contributed by atoms with Gasteiger partial charge >= 0.3 is 0 Å². The Balaban J connectivity index is 2.32. The highest BCUT2D eigenvalue weighted by Crippen LogP contribution is 2.25. The average molecular weight is 228 g/mol. The van der Waals surface area contributed by atoms with Gasteiger partial charge in [0.1, 0.15) is 0 Å². The minimum atomic E-state index is 0.610. The zero-order chi connectivity index (χ0) is 12.1. The van der Waals surface area contributed by atoms with Crippen LogP contribution in [0.5, 0.6) is 0 Å². The molecule has 0 aliphatic heterocycles. The Bertz CT molecular complexity index is 453. The van der Waals surface area contributed by atoms with E-state index in [1.165, 1.54) is 0 Å². The second kappa shape index (κ2) is 5.37. The number of anilines is 3. The van der Waals surface area contributed by atoms with Gasteiger partial charge in [-0.3, -0.25) is 4.84 Å². The van der Waals surface area contributed by atoms with Gasteiger partial charge in [-0.05, 0) is 43.3 Å². The highest BCUT2D eigenvalue weighted by atomic mass is 16.7. The number of nitrogens with zero attached hydrogens (tertiary/aromatic N) is 1. The van der Waals surface area contributed by atoms with Crippen LogP contribution in [0.3, 0.4) is 0 Å². The SMILES string of the molecule is CCON(c1ccccc1)c1ccc(N)cc1. The van der Waals surface area contributed by atoms with Gasteiger partial charge in [0.25, 0.3) is 0 Å². The molecule has 0 saturated carbocycles. The maximum atomic E-state index is 5.68. The van der Waals surface area contributed by atoms with Crippen molar-refractivity contribution in [3.05, 3.63) is 54.6 Å². The minimum absolute atomic E-state index is 0.610. The summed E-state index contributed by atoms with van der Waals surface area (Å²) in [5, 5.41) is 1.80. The molecule has 0 radical (unpaired) electrons. The molecule has 2 rings (SSSR count). The van der Waals surface area contributed by atoms with E-state index < -0.39 is 0 Å². The van der Waals surface area contributed by atoms with Crippen LogP contribution in [0.2, 0.25) is 0 Å². The van der Waals surface area contributed by atoms with Crippen molar-refractivity contribution in [1.29, 1.82) is 0 Å². The first-order valence-electron chi connectivity index (χ1n) is 5.65. The first-order valence-corrected chi connectivity index (χ1v) is 5.65. The molecule has 0 unspecified atom stereocenters. The summed E-state index contributed by atoms with van der Waals surface area (Å²) in [7, 11) is 0. The lowest BCUT2D eigenvalue weighted by Crippen LogP contribution is -2.17. The number of nitrogens with two attached hydrogens (primary N) is 1. The van der Waals surface area contributed by atoms with Crippen molar-refractivity contribution in [3.8, 4) is 0 Å². The Morgan fingerprint density at radius 2 is 1.53 bits per heavy atom. The highest BCUT2D eigenvalue weighted by molar-refractivity contribution is 5.62. The van der Waals surface area contributed by atoms with Crippen LogP contribution < -0.4 is 10.8 Å². The third-order valence-corrected chi connectivity index (χ3v) is 2.38. The van der Waals surface area contributed by atoms with Gasteiger partial charge in [0, 0.05) is 5.69 Å².